The Balaban J connectivity index is 0.00000192. The monoisotopic (exact) mass is 435 g/mol. The smallest absolute Gasteiger partial charge is 0.189 e. The van der Waals surface area contributed by atoms with Gasteiger partial charge in [-0.1, -0.05) is 12.8 Å². The van der Waals surface area contributed by atoms with Crippen LogP contribution in [0.3, 0.4) is 0 Å². The van der Waals surface area contributed by atoms with E-state index in [9.17, 15) is 4.39 Å². The molecule has 0 radical (unpaired) electrons. The summed E-state index contributed by atoms with van der Waals surface area (Å²) in [6, 6.07) is 3.41. The van der Waals surface area contributed by atoms with E-state index >= 15 is 0 Å². The fourth-order valence-corrected chi connectivity index (χ4v) is 3.06. The molecule has 2 aliphatic rings. The van der Waals surface area contributed by atoms with Crippen molar-refractivity contribution in [2.45, 2.75) is 44.8 Å². The Bertz CT molecular complexity index is 563. The molecule has 0 aromatic heterocycles. The van der Waals surface area contributed by atoms with Crippen LogP contribution in [0, 0.1) is 5.82 Å². The number of nitrogens with zero attached hydrogens (tertiary/aromatic N) is 1. The van der Waals surface area contributed by atoms with Gasteiger partial charge in [0, 0.05) is 18.2 Å². The summed E-state index contributed by atoms with van der Waals surface area (Å²) in [6.45, 7) is 1.10. The van der Waals surface area contributed by atoms with Crippen molar-refractivity contribution >= 4 is 29.9 Å². The van der Waals surface area contributed by atoms with Gasteiger partial charge in [0.2, 0.25) is 0 Å². The predicted molar refractivity (Wildman–Crippen MR) is 97.7 cm³/mol. The molecule has 0 spiro atoms. The van der Waals surface area contributed by atoms with Gasteiger partial charge in [-0.2, -0.15) is 0 Å². The summed E-state index contributed by atoms with van der Waals surface area (Å²) in [5.74, 6) is 0.926. The highest BCUT2D eigenvalue weighted by Crippen LogP contribution is 2.29. The molecule has 1 aliphatic carbocycles. The van der Waals surface area contributed by atoms with Crippen LogP contribution in [0.15, 0.2) is 17.1 Å². The van der Waals surface area contributed by atoms with Gasteiger partial charge in [0.15, 0.2) is 12.8 Å². The number of guanidine groups is 1. The molecule has 1 aromatic rings. The molecule has 23 heavy (non-hydrogen) atoms. The third-order valence-corrected chi connectivity index (χ3v) is 4.12. The average Bonchev–Trinajstić information content (AvgIpc) is 3.00. The minimum atomic E-state index is -0.274. The molecule has 1 aromatic carbocycles. The summed E-state index contributed by atoms with van der Waals surface area (Å²) < 4.78 is 24.3. The van der Waals surface area contributed by atoms with E-state index in [1.54, 1.807) is 0 Å². The van der Waals surface area contributed by atoms with Gasteiger partial charge in [0.25, 0.3) is 0 Å². The van der Waals surface area contributed by atoms with E-state index in [2.05, 4.69) is 10.3 Å². The molecule has 1 saturated carbocycles. The summed E-state index contributed by atoms with van der Waals surface area (Å²) in [7, 11) is 0. The average molecular weight is 435 g/mol. The van der Waals surface area contributed by atoms with Gasteiger partial charge < -0.3 is 20.5 Å². The molecule has 128 valence electrons. The molecule has 0 saturated heterocycles. The first-order valence-electron chi connectivity index (χ1n) is 7.80. The lowest BCUT2D eigenvalue weighted by Crippen LogP contribution is -2.38. The van der Waals surface area contributed by atoms with Crippen molar-refractivity contribution in [3.8, 4) is 5.75 Å². The van der Waals surface area contributed by atoms with Crippen LogP contribution in [0.1, 0.15) is 36.8 Å². The zero-order chi connectivity index (χ0) is 15.4. The number of hydrogen-bond donors (Lipinski definition) is 2. The number of hydrogen-bond acceptors (Lipinski definition) is 3. The number of nitrogens with one attached hydrogen (secondary N) is 1. The minimum absolute atomic E-state index is 0. The zero-order valence-corrected chi connectivity index (χ0v) is 15.3. The van der Waals surface area contributed by atoms with E-state index < -0.39 is 0 Å². The van der Waals surface area contributed by atoms with Crippen molar-refractivity contribution in [2.75, 3.05) is 13.3 Å². The van der Waals surface area contributed by atoms with Crippen LogP contribution in [-0.2, 0) is 17.8 Å². The third-order valence-electron chi connectivity index (χ3n) is 4.12. The van der Waals surface area contributed by atoms with E-state index in [0.717, 1.165) is 29.7 Å². The molecule has 3 N–H and O–H groups in total. The largest absolute Gasteiger partial charge is 0.467 e. The standard InChI is InChI=1S/C16H22FN3O2.HI/c17-13-7-11(15-12(8-13)9-21-10-22-15)5-6-19-16(18)20-14-3-1-2-4-14;/h7-8,14H,1-6,9-10H2,(H3,18,19,20);1H. The second kappa shape index (κ2) is 8.68. The van der Waals surface area contributed by atoms with Crippen LogP contribution in [0.25, 0.3) is 0 Å². The maximum Gasteiger partial charge on any atom is 0.189 e. The number of nitrogens with two attached hydrogens (primary N) is 1. The van der Waals surface area contributed by atoms with Crippen molar-refractivity contribution in [3.05, 3.63) is 29.1 Å². The molecule has 5 nitrogen and oxygen atoms in total. The fourth-order valence-electron chi connectivity index (χ4n) is 3.06. The Morgan fingerprint density at radius 3 is 2.91 bits per heavy atom. The lowest BCUT2D eigenvalue weighted by atomic mass is 10.1. The molecule has 0 atom stereocenters. The van der Waals surface area contributed by atoms with Gasteiger partial charge in [0.05, 0.1) is 6.61 Å². The summed E-state index contributed by atoms with van der Waals surface area (Å²) in [4.78, 5) is 4.34. The minimum Gasteiger partial charge on any atom is -0.467 e. The number of rotatable bonds is 4. The summed E-state index contributed by atoms with van der Waals surface area (Å²) >= 11 is 0. The third kappa shape index (κ3) is 4.94. The van der Waals surface area contributed by atoms with Gasteiger partial charge in [-0.05, 0) is 37.0 Å². The molecule has 7 heteroatoms. The van der Waals surface area contributed by atoms with Crippen LogP contribution in [-0.4, -0.2) is 25.3 Å². The Morgan fingerprint density at radius 2 is 2.13 bits per heavy atom. The van der Waals surface area contributed by atoms with E-state index in [-0.39, 0.29) is 36.6 Å². The maximum atomic E-state index is 13.6. The summed E-state index contributed by atoms with van der Waals surface area (Å²) in [5.41, 5.74) is 7.47. The highest BCUT2D eigenvalue weighted by atomic mass is 127. The van der Waals surface area contributed by atoms with E-state index in [0.29, 0.717) is 31.6 Å². The van der Waals surface area contributed by atoms with Crippen LogP contribution >= 0.6 is 24.0 Å². The predicted octanol–water partition coefficient (Wildman–Crippen LogP) is 2.70. The number of fused-ring (bicyclic) bond motifs is 1. The molecule has 1 heterocycles. The van der Waals surface area contributed by atoms with Crippen LogP contribution < -0.4 is 15.8 Å². The van der Waals surface area contributed by atoms with Gasteiger partial charge in [-0.25, -0.2) is 4.39 Å². The highest BCUT2D eigenvalue weighted by molar-refractivity contribution is 14.0. The number of ether oxygens (including phenoxy) is 2. The second-order valence-electron chi connectivity index (χ2n) is 5.81. The van der Waals surface area contributed by atoms with Crippen molar-refractivity contribution in [1.82, 2.24) is 5.32 Å². The van der Waals surface area contributed by atoms with Gasteiger partial charge in [-0.15, -0.1) is 24.0 Å². The SMILES string of the molecule is I.NC(=NCCc1cc(F)cc2c1OCOC2)NC1CCCC1. The number of aliphatic imine (C=N–C) groups is 1. The van der Waals surface area contributed by atoms with Crippen LogP contribution in [0.2, 0.25) is 0 Å². The molecule has 3 rings (SSSR count). The molecule has 1 fully saturated rings. The highest BCUT2D eigenvalue weighted by Gasteiger charge is 2.17. The van der Waals surface area contributed by atoms with Gasteiger partial charge in [0.1, 0.15) is 11.6 Å². The Hall–Kier alpha value is -1.09. The van der Waals surface area contributed by atoms with Crippen LogP contribution in [0.4, 0.5) is 4.39 Å². The Kier molecular flexibility index (Phi) is 6.88. The zero-order valence-electron chi connectivity index (χ0n) is 13.0. The first-order valence-corrected chi connectivity index (χ1v) is 7.80. The lowest BCUT2D eigenvalue weighted by Gasteiger charge is -2.20. The Morgan fingerprint density at radius 1 is 1.35 bits per heavy atom. The first-order chi connectivity index (χ1) is 10.7. The second-order valence-corrected chi connectivity index (χ2v) is 5.81. The lowest BCUT2D eigenvalue weighted by molar-refractivity contribution is -0.0172. The van der Waals surface area contributed by atoms with Crippen molar-refractivity contribution in [2.24, 2.45) is 10.7 Å². The maximum absolute atomic E-state index is 13.6. The van der Waals surface area contributed by atoms with E-state index in [4.69, 9.17) is 15.2 Å². The van der Waals surface area contributed by atoms with Crippen molar-refractivity contribution < 1.29 is 13.9 Å². The van der Waals surface area contributed by atoms with Crippen molar-refractivity contribution in [1.29, 1.82) is 0 Å². The fraction of sp³-hybridized carbons (Fsp3) is 0.562. The van der Waals surface area contributed by atoms with E-state index in [1.165, 1.54) is 25.0 Å². The number of halogens is 2. The normalized spacial score (nSPS) is 18.0. The molecule has 0 unspecified atom stereocenters. The topological polar surface area (TPSA) is 68.9 Å². The van der Waals surface area contributed by atoms with Gasteiger partial charge in [-0.3, -0.25) is 4.99 Å². The Labute approximate surface area is 152 Å². The molecule has 0 bridgehead atoms. The molecular weight excluding hydrogens is 412 g/mol. The molecular formula is C16H23FIN3O2. The first kappa shape index (κ1) is 18.3. The van der Waals surface area contributed by atoms with Crippen molar-refractivity contribution in [3.63, 3.8) is 0 Å². The summed E-state index contributed by atoms with van der Waals surface area (Å²) in [6.07, 6.45) is 5.40. The molecule has 1 aliphatic heterocycles. The van der Waals surface area contributed by atoms with E-state index in [1.807, 2.05) is 0 Å². The molecule has 0 amide bonds. The summed E-state index contributed by atoms with van der Waals surface area (Å²) in [5, 5.41) is 3.24. The quantitative estimate of drug-likeness (QED) is 0.434. The van der Waals surface area contributed by atoms with Crippen LogP contribution in [0.5, 0.6) is 5.75 Å². The number of benzene rings is 1. The van der Waals surface area contributed by atoms with Gasteiger partial charge >= 0.3 is 0 Å².